The third-order valence-electron chi connectivity index (χ3n) is 2.93. The predicted octanol–water partition coefficient (Wildman–Crippen LogP) is 5.94. The van der Waals surface area contributed by atoms with E-state index in [-0.39, 0.29) is 20.4 Å². The van der Waals surface area contributed by atoms with Crippen molar-refractivity contribution in [2.75, 3.05) is 0 Å². The molecule has 0 atom stereocenters. The number of benzene rings is 2. The molecule has 0 bridgehead atoms. The number of rotatable bonds is 2. The molecule has 0 aliphatic rings. The standard InChI is InChI=1S/C14H6BrCl3FN3S/c15-6-1-2-11(19)8(3-6)13-21-22(14(20)23-13)12-9(17)4-7(16)5-10(12)18/h1-5,20H. The number of halogens is 5. The highest BCUT2D eigenvalue weighted by atomic mass is 79.9. The van der Waals surface area contributed by atoms with Crippen molar-refractivity contribution in [2.45, 2.75) is 0 Å². The highest BCUT2D eigenvalue weighted by molar-refractivity contribution is 9.10. The summed E-state index contributed by atoms with van der Waals surface area (Å²) in [6, 6.07) is 7.54. The first-order chi connectivity index (χ1) is 10.9. The first kappa shape index (κ1) is 16.9. The predicted molar refractivity (Wildman–Crippen MR) is 95.4 cm³/mol. The Morgan fingerprint density at radius 3 is 2.43 bits per heavy atom. The molecule has 0 radical (unpaired) electrons. The lowest BCUT2D eigenvalue weighted by Gasteiger charge is -2.07. The number of nitrogens with one attached hydrogen (secondary N) is 1. The highest BCUT2D eigenvalue weighted by Gasteiger charge is 2.17. The molecule has 0 aliphatic carbocycles. The third kappa shape index (κ3) is 3.32. The van der Waals surface area contributed by atoms with Gasteiger partial charge in [0.05, 0.1) is 10.0 Å². The van der Waals surface area contributed by atoms with E-state index in [0.29, 0.717) is 20.2 Å². The Morgan fingerprint density at radius 2 is 1.78 bits per heavy atom. The minimum atomic E-state index is -0.428. The lowest BCUT2D eigenvalue weighted by Crippen LogP contribution is -2.13. The number of nitrogens with zero attached hydrogens (tertiary/aromatic N) is 2. The van der Waals surface area contributed by atoms with Crippen LogP contribution in [0, 0.1) is 11.2 Å². The van der Waals surface area contributed by atoms with Gasteiger partial charge in [-0.2, -0.15) is 5.10 Å². The zero-order valence-corrected chi connectivity index (χ0v) is 15.7. The molecule has 23 heavy (non-hydrogen) atoms. The molecule has 0 aliphatic heterocycles. The van der Waals surface area contributed by atoms with Gasteiger partial charge < -0.3 is 0 Å². The zero-order valence-electron chi connectivity index (χ0n) is 11.1. The summed E-state index contributed by atoms with van der Waals surface area (Å²) in [4.78, 5) is 0.0606. The summed E-state index contributed by atoms with van der Waals surface area (Å²) in [5.74, 6) is -0.428. The summed E-state index contributed by atoms with van der Waals surface area (Å²) in [5.41, 5.74) is 0.624. The van der Waals surface area contributed by atoms with E-state index in [1.165, 1.54) is 22.9 Å². The van der Waals surface area contributed by atoms with Gasteiger partial charge in [-0.25, -0.2) is 9.07 Å². The minimum Gasteiger partial charge on any atom is -0.273 e. The molecule has 3 aromatic rings. The van der Waals surface area contributed by atoms with E-state index in [1.807, 2.05) is 0 Å². The lowest BCUT2D eigenvalue weighted by atomic mass is 10.2. The second-order valence-electron chi connectivity index (χ2n) is 4.47. The first-order valence-electron chi connectivity index (χ1n) is 6.12. The lowest BCUT2D eigenvalue weighted by molar-refractivity contribution is 0.630. The normalized spacial score (nSPS) is 11.0. The fraction of sp³-hybridized carbons (Fsp3) is 0. The summed E-state index contributed by atoms with van der Waals surface area (Å²) >= 11 is 22.5. The van der Waals surface area contributed by atoms with Crippen LogP contribution in [-0.2, 0) is 0 Å². The Hall–Kier alpha value is -0.920. The number of hydrogen-bond acceptors (Lipinski definition) is 3. The average molecular weight is 454 g/mol. The van der Waals surface area contributed by atoms with Crippen LogP contribution in [0.4, 0.5) is 4.39 Å². The van der Waals surface area contributed by atoms with Gasteiger partial charge in [0.2, 0.25) is 4.80 Å². The van der Waals surface area contributed by atoms with Gasteiger partial charge in [0.1, 0.15) is 11.5 Å². The number of hydrogen-bond donors (Lipinski definition) is 1. The van der Waals surface area contributed by atoms with Crippen molar-refractivity contribution in [1.82, 2.24) is 9.78 Å². The van der Waals surface area contributed by atoms with Crippen molar-refractivity contribution in [3.05, 3.63) is 60.5 Å². The van der Waals surface area contributed by atoms with Crippen molar-refractivity contribution in [2.24, 2.45) is 0 Å². The fourth-order valence-electron chi connectivity index (χ4n) is 1.95. The summed E-state index contributed by atoms with van der Waals surface area (Å²) < 4.78 is 16.0. The highest BCUT2D eigenvalue weighted by Crippen LogP contribution is 2.33. The van der Waals surface area contributed by atoms with Crippen LogP contribution in [-0.4, -0.2) is 9.78 Å². The Balaban J connectivity index is 2.20. The summed E-state index contributed by atoms with van der Waals surface area (Å²) in [6.45, 7) is 0. The molecule has 0 saturated heterocycles. The second-order valence-corrected chi connectivity index (χ2v) is 7.61. The molecule has 3 rings (SSSR count). The molecule has 118 valence electrons. The summed E-state index contributed by atoms with van der Waals surface area (Å²) in [7, 11) is 0. The van der Waals surface area contributed by atoms with Crippen molar-refractivity contribution < 1.29 is 4.39 Å². The molecule has 0 spiro atoms. The van der Waals surface area contributed by atoms with Gasteiger partial charge in [0, 0.05) is 15.1 Å². The van der Waals surface area contributed by atoms with Gasteiger partial charge in [-0.15, -0.1) is 0 Å². The van der Waals surface area contributed by atoms with Crippen LogP contribution in [0.5, 0.6) is 0 Å². The van der Waals surface area contributed by atoms with Gasteiger partial charge in [-0.05, 0) is 30.3 Å². The molecule has 0 amide bonds. The van der Waals surface area contributed by atoms with Crippen LogP contribution in [0.3, 0.4) is 0 Å². The van der Waals surface area contributed by atoms with E-state index in [1.54, 1.807) is 12.1 Å². The van der Waals surface area contributed by atoms with Gasteiger partial charge in [-0.1, -0.05) is 62.1 Å². The van der Waals surface area contributed by atoms with E-state index in [2.05, 4.69) is 21.0 Å². The Labute approximate surface area is 157 Å². The van der Waals surface area contributed by atoms with E-state index >= 15 is 0 Å². The molecule has 1 heterocycles. The topological polar surface area (TPSA) is 41.7 Å². The summed E-state index contributed by atoms with van der Waals surface area (Å²) in [6.07, 6.45) is 0. The fourth-order valence-corrected chi connectivity index (χ4v) is 4.08. The maximum Gasteiger partial charge on any atom is 0.205 e. The molecule has 9 heteroatoms. The Kier molecular flexibility index (Phi) is 4.80. The van der Waals surface area contributed by atoms with Crippen LogP contribution in [0.25, 0.3) is 16.3 Å². The van der Waals surface area contributed by atoms with Gasteiger partial charge in [0.15, 0.2) is 5.01 Å². The Bertz CT molecular complexity index is 947. The van der Waals surface area contributed by atoms with E-state index in [4.69, 9.17) is 40.2 Å². The largest absolute Gasteiger partial charge is 0.273 e. The smallest absolute Gasteiger partial charge is 0.205 e. The third-order valence-corrected chi connectivity index (χ3v) is 5.08. The van der Waals surface area contributed by atoms with Gasteiger partial charge in [0.25, 0.3) is 0 Å². The second kappa shape index (κ2) is 6.53. The van der Waals surface area contributed by atoms with E-state index in [0.717, 1.165) is 11.3 Å². The van der Waals surface area contributed by atoms with E-state index in [9.17, 15) is 4.39 Å². The van der Waals surface area contributed by atoms with Crippen molar-refractivity contribution in [3.8, 4) is 16.3 Å². The maximum absolute atomic E-state index is 14.0. The molecule has 2 aromatic carbocycles. The monoisotopic (exact) mass is 451 g/mol. The Morgan fingerprint density at radius 1 is 1.13 bits per heavy atom. The molecule has 0 fully saturated rings. The SMILES string of the molecule is N=c1sc(-c2cc(Br)ccc2F)nn1-c1c(Cl)cc(Cl)cc1Cl. The molecule has 1 N–H and O–H groups in total. The van der Waals surface area contributed by atoms with Crippen LogP contribution >= 0.6 is 62.1 Å². The first-order valence-corrected chi connectivity index (χ1v) is 8.86. The molecule has 0 unspecified atom stereocenters. The maximum atomic E-state index is 14.0. The molecule has 3 nitrogen and oxygen atoms in total. The average Bonchev–Trinajstić information content (AvgIpc) is 2.82. The van der Waals surface area contributed by atoms with Crippen molar-refractivity contribution in [1.29, 1.82) is 5.41 Å². The van der Waals surface area contributed by atoms with Crippen LogP contribution in [0.2, 0.25) is 15.1 Å². The van der Waals surface area contributed by atoms with Gasteiger partial charge >= 0.3 is 0 Å². The molecule has 1 aromatic heterocycles. The van der Waals surface area contributed by atoms with Gasteiger partial charge in [-0.3, -0.25) is 5.41 Å². The van der Waals surface area contributed by atoms with Crippen molar-refractivity contribution in [3.63, 3.8) is 0 Å². The van der Waals surface area contributed by atoms with E-state index < -0.39 is 5.82 Å². The zero-order chi connectivity index (χ0) is 16.7. The van der Waals surface area contributed by atoms with Crippen LogP contribution in [0.15, 0.2) is 34.8 Å². The van der Waals surface area contributed by atoms with Crippen molar-refractivity contribution >= 4 is 62.1 Å². The molecular weight excluding hydrogens is 448 g/mol. The van der Waals surface area contributed by atoms with Crippen LogP contribution in [0.1, 0.15) is 0 Å². The van der Waals surface area contributed by atoms with Crippen LogP contribution < -0.4 is 4.80 Å². The molecular formula is C14H6BrCl3FN3S. The summed E-state index contributed by atoms with van der Waals surface area (Å²) in [5, 5.41) is 13.6. The quantitative estimate of drug-likeness (QED) is 0.512. The minimum absolute atomic E-state index is 0.0606. The number of aromatic nitrogens is 2. The molecule has 0 saturated carbocycles.